The smallest absolute Gasteiger partial charge is 0.307 e. The zero-order chi connectivity index (χ0) is 19.4. The van der Waals surface area contributed by atoms with Crippen molar-refractivity contribution >= 4 is 22.9 Å². The zero-order valence-corrected chi connectivity index (χ0v) is 15.8. The molecule has 0 bridgehead atoms. The molecule has 2 aromatic rings. The number of imidazole rings is 1. The number of piperidine rings is 1. The van der Waals surface area contributed by atoms with Gasteiger partial charge in [0.2, 0.25) is 0 Å². The van der Waals surface area contributed by atoms with E-state index in [2.05, 4.69) is 15.4 Å². The highest BCUT2D eigenvalue weighted by atomic mass is 16.5. The summed E-state index contributed by atoms with van der Waals surface area (Å²) in [4.78, 5) is 28.2. The number of aryl methyl sites for hydroxylation is 1. The van der Waals surface area contributed by atoms with Crippen molar-refractivity contribution in [2.75, 3.05) is 26.7 Å². The summed E-state index contributed by atoms with van der Waals surface area (Å²) in [6.07, 6.45) is 2.22. The van der Waals surface area contributed by atoms with Gasteiger partial charge in [0, 0.05) is 19.2 Å². The number of nitrogens with zero attached hydrogens (tertiary/aromatic N) is 2. The van der Waals surface area contributed by atoms with Gasteiger partial charge in [0.25, 0.3) is 5.91 Å². The molecule has 1 aromatic carbocycles. The molecule has 1 unspecified atom stereocenters. The van der Waals surface area contributed by atoms with Gasteiger partial charge in [0.15, 0.2) is 0 Å². The predicted molar refractivity (Wildman–Crippen MR) is 102 cm³/mol. The van der Waals surface area contributed by atoms with Crippen LogP contribution in [0.15, 0.2) is 18.2 Å². The third-order valence-electron chi connectivity index (χ3n) is 5.21. The number of fused-ring (bicyclic) bond motifs is 1. The molecule has 1 aliphatic heterocycles. The first-order valence-electron chi connectivity index (χ1n) is 9.29. The van der Waals surface area contributed by atoms with Crippen molar-refractivity contribution in [2.24, 2.45) is 18.7 Å². The van der Waals surface area contributed by atoms with Gasteiger partial charge in [0.1, 0.15) is 5.82 Å². The van der Waals surface area contributed by atoms with Crippen LogP contribution >= 0.6 is 0 Å². The van der Waals surface area contributed by atoms with E-state index in [4.69, 9.17) is 10.7 Å². The number of nitrogens with two attached hydrogens (primary N) is 1. The highest BCUT2D eigenvalue weighted by Gasteiger charge is 2.25. The summed E-state index contributed by atoms with van der Waals surface area (Å²) in [5, 5.41) is 6.07. The van der Waals surface area contributed by atoms with Crippen LogP contribution in [-0.4, -0.2) is 48.2 Å². The van der Waals surface area contributed by atoms with Gasteiger partial charge in [-0.2, -0.15) is 0 Å². The second-order valence-corrected chi connectivity index (χ2v) is 6.93. The maximum Gasteiger partial charge on any atom is 0.307 e. The number of benzene rings is 1. The monoisotopic (exact) mass is 373 g/mol. The van der Waals surface area contributed by atoms with Crippen LogP contribution < -0.4 is 16.4 Å². The predicted octanol–water partition coefficient (Wildman–Crippen LogP) is 0.866. The zero-order valence-electron chi connectivity index (χ0n) is 15.8. The van der Waals surface area contributed by atoms with Crippen molar-refractivity contribution in [3.8, 4) is 0 Å². The lowest BCUT2D eigenvalue weighted by atomic mass is 9.90. The van der Waals surface area contributed by atoms with E-state index in [1.807, 2.05) is 17.7 Å². The van der Waals surface area contributed by atoms with Crippen LogP contribution in [0.25, 0.3) is 11.0 Å². The molecule has 1 aromatic heterocycles. The molecule has 1 atom stereocenters. The minimum Gasteiger partial charge on any atom is -0.469 e. The quantitative estimate of drug-likeness (QED) is 0.648. The molecule has 1 aliphatic rings. The van der Waals surface area contributed by atoms with Crippen LogP contribution in [0.5, 0.6) is 0 Å². The van der Waals surface area contributed by atoms with Crippen LogP contribution in [-0.2, 0) is 16.6 Å². The number of rotatable bonds is 6. The maximum atomic E-state index is 12.3. The Bertz CT molecular complexity index is 826. The van der Waals surface area contributed by atoms with E-state index >= 15 is 0 Å². The minimum atomic E-state index is -0.355. The van der Waals surface area contributed by atoms with Gasteiger partial charge in [0.05, 0.1) is 30.6 Å². The molecular weight excluding hydrogens is 346 g/mol. The first kappa shape index (κ1) is 19.3. The van der Waals surface area contributed by atoms with Crippen molar-refractivity contribution in [1.29, 1.82) is 0 Å². The number of carbonyl (C=O) groups excluding carboxylic acids is 2. The number of aromatic nitrogens is 2. The topological polar surface area (TPSA) is 111 Å². The molecule has 0 aliphatic carbocycles. The van der Waals surface area contributed by atoms with E-state index in [-0.39, 0.29) is 30.9 Å². The van der Waals surface area contributed by atoms with Crippen molar-refractivity contribution in [1.82, 2.24) is 20.2 Å². The Labute approximate surface area is 158 Å². The number of hydrogen-bond acceptors (Lipinski definition) is 6. The van der Waals surface area contributed by atoms with Gasteiger partial charge in [-0.05, 0) is 50.0 Å². The van der Waals surface area contributed by atoms with Crippen molar-refractivity contribution in [2.45, 2.75) is 25.3 Å². The Morgan fingerprint density at radius 1 is 1.41 bits per heavy atom. The summed E-state index contributed by atoms with van der Waals surface area (Å²) in [5.41, 5.74) is 8.70. The Hall–Kier alpha value is -2.45. The molecule has 3 rings (SSSR count). The van der Waals surface area contributed by atoms with Crippen LogP contribution in [0.3, 0.4) is 0 Å². The van der Waals surface area contributed by atoms with Crippen LogP contribution in [0.2, 0.25) is 0 Å². The summed E-state index contributed by atoms with van der Waals surface area (Å²) in [7, 11) is 3.28. The number of amides is 1. The lowest BCUT2D eigenvalue weighted by Crippen LogP contribution is -2.34. The van der Waals surface area contributed by atoms with Crippen LogP contribution in [0.4, 0.5) is 0 Å². The largest absolute Gasteiger partial charge is 0.469 e. The van der Waals surface area contributed by atoms with E-state index in [0.717, 1.165) is 42.8 Å². The third kappa shape index (κ3) is 4.28. The molecule has 0 saturated carbocycles. The average Bonchev–Trinajstić information content (AvgIpc) is 3.03. The van der Waals surface area contributed by atoms with E-state index in [9.17, 15) is 9.59 Å². The van der Waals surface area contributed by atoms with Gasteiger partial charge in [-0.25, -0.2) is 4.98 Å². The normalized spacial score (nSPS) is 16.3. The summed E-state index contributed by atoms with van der Waals surface area (Å²) in [5.74, 6) is 0.658. The molecule has 27 heavy (non-hydrogen) atoms. The fourth-order valence-electron chi connectivity index (χ4n) is 3.55. The molecule has 146 valence electrons. The van der Waals surface area contributed by atoms with Crippen LogP contribution in [0.1, 0.15) is 41.5 Å². The number of ether oxygens (including phenoxy) is 1. The molecule has 1 amide bonds. The molecule has 8 nitrogen and oxygen atoms in total. The highest BCUT2D eigenvalue weighted by Crippen LogP contribution is 2.28. The van der Waals surface area contributed by atoms with Gasteiger partial charge < -0.3 is 25.7 Å². The van der Waals surface area contributed by atoms with Gasteiger partial charge in [-0.15, -0.1) is 0 Å². The fourth-order valence-corrected chi connectivity index (χ4v) is 3.55. The number of methoxy groups -OCH3 is 1. The number of carbonyl (C=O) groups is 2. The van der Waals surface area contributed by atoms with Crippen LogP contribution in [0, 0.1) is 5.92 Å². The van der Waals surface area contributed by atoms with Gasteiger partial charge in [-0.3, -0.25) is 9.59 Å². The highest BCUT2D eigenvalue weighted by molar-refractivity contribution is 5.97. The van der Waals surface area contributed by atoms with E-state index in [1.165, 1.54) is 7.11 Å². The van der Waals surface area contributed by atoms with Crippen molar-refractivity contribution < 1.29 is 14.3 Å². The lowest BCUT2D eigenvalue weighted by Gasteiger charge is -2.27. The van der Waals surface area contributed by atoms with Gasteiger partial charge >= 0.3 is 5.97 Å². The molecule has 1 saturated heterocycles. The van der Waals surface area contributed by atoms with Crippen molar-refractivity contribution in [3.05, 3.63) is 29.6 Å². The Kier molecular flexibility index (Phi) is 6.08. The molecule has 1 fully saturated rings. The Morgan fingerprint density at radius 2 is 2.15 bits per heavy atom. The second kappa shape index (κ2) is 8.49. The van der Waals surface area contributed by atoms with Gasteiger partial charge in [-0.1, -0.05) is 0 Å². The molecule has 2 heterocycles. The standard InChI is InChI=1S/C19H27N5O3/c1-24-15-4-3-13(19(26)22-10-7-16(25)27-2)11-14(15)23-18(24)17(20)12-5-8-21-9-6-12/h3-4,11-12,17,21H,5-10,20H2,1-2H3,(H,22,26). The number of esters is 1. The van der Waals surface area contributed by atoms with E-state index in [1.54, 1.807) is 12.1 Å². The molecular formula is C19H27N5O3. The van der Waals surface area contributed by atoms with E-state index in [0.29, 0.717) is 11.5 Å². The summed E-state index contributed by atoms with van der Waals surface area (Å²) >= 11 is 0. The maximum absolute atomic E-state index is 12.3. The Balaban J connectivity index is 1.75. The first-order valence-corrected chi connectivity index (χ1v) is 9.29. The van der Waals surface area contributed by atoms with E-state index < -0.39 is 0 Å². The summed E-state index contributed by atoms with van der Waals surface area (Å²) in [6.45, 7) is 2.20. The average molecular weight is 373 g/mol. The Morgan fingerprint density at radius 3 is 2.85 bits per heavy atom. The molecule has 4 N–H and O–H groups in total. The number of hydrogen-bond donors (Lipinski definition) is 3. The number of nitrogens with one attached hydrogen (secondary N) is 2. The first-order chi connectivity index (χ1) is 13.0. The molecule has 0 radical (unpaired) electrons. The summed E-state index contributed by atoms with van der Waals surface area (Å²) < 4.78 is 6.58. The van der Waals surface area contributed by atoms with Crippen molar-refractivity contribution in [3.63, 3.8) is 0 Å². The second-order valence-electron chi connectivity index (χ2n) is 6.93. The lowest BCUT2D eigenvalue weighted by molar-refractivity contribution is -0.140. The SMILES string of the molecule is COC(=O)CCNC(=O)c1ccc2c(c1)nc(C(N)C1CCNCC1)n2C. The third-order valence-corrected chi connectivity index (χ3v) is 5.21. The fraction of sp³-hybridized carbons (Fsp3) is 0.526. The summed E-state index contributed by atoms with van der Waals surface area (Å²) in [6, 6.07) is 5.29. The molecule has 8 heteroatoms. The minimum absolute atomic E-state index is 0.123. The molecule has 0 spiro atoms.